The van der Waals surface area contributed by atoms with E-state index in [1.807, 2.05) is 0 Å². The fraction of sp³-hybridized carbons (Fsp3) is 0.618. The summed E-state index contributed by atoms with van der Waals surface area (Å²) < 4.78 is 29.0. The zero-order chi connectivity index (χ0) is 30.4. The van der Waals surface area contributed by atoms with Gasteiger partial charge < -0.3 is 39.2 Å². The number of amides is 1. The summed E-state index contributed by atoms with van der Waals surface area (Å²) >= 11 is 0. The Bertz CT molecular complexity index is 1110. The van der Waals surface area contributed by atoms with Crippen LogP contribution in [0.3, 0.4) is 0 Å². The molecule has 0 bridgehead atoms. The van der Waals surface area contributed by atoms with Gasteiger partial charge in [-0.15, -0.1) is 0 Å². The van der Waals surface area contributed by atoms with Crippen LogP contribution in [0.25, 0.3) is 0 Å². The average molecular weight is 598 g/mol. The summed E-state index contributed by atoms with van der Waals surface area (Å²) in [4.78, 5) is 14.0. The van der Waals surface area contributed by atoms with E-state index in [4.69, 9.17) is 23.7 Å². The minimum atomic E-state index is -0.00170. The van der Waals surface area contributed by atoms with Crippen molar-refractivity contribution in [2.24, 2.45) is 11.8 Å². The first-order valence-corrected chi connectivity index (χ1v) is 15.7. The number of fused-ring (bicyclic) bond motifs is 1. The largest absolute Gasteiger partial charge is 0.490 e. The molecule has 238 valence electrons. The van der Waals surface area contributed by atoms with Gasteiger partial charge in [0.2, 0.25) is 5.91 Å². The number of piperidine rings is 1. The summed E-state index contributed by atoms with van der Waals surface area (Å²) in [5, 5.41) is 6.58. The third-order valence-electron chi connectivity index (χ3n) is 8.26. The van der Waals surface area contributed by atoms with Gasteiger partial charge in [0.1, 0.15) is 12.4 Å². The van der Waals surface area contributed by atoms with Gasteiger partial charge in [-0.25, -0.2) is 0 Å². The molecule has 0 aliphatic carbocycles. The van der Waals surface area contributed by atoms with Gasteiger partial charge in [-0.1, -0.05) is 37.3 Å². The Morgan fingerprint density at radius 2 is 1.88 bits per heavy atom. The molecule has 2 aromatic rings. The van der Waals surface area contributed by atoms with E-state index in [-0.39, 0.29) is 17.9 Å². The standard InChI is InChI=1S/C34H51N3O6/c1-25(21-40-4)22-41-23-27-6-9-29(10-7-27)34-30(12-13-36-26(2)38)19-35-20-33(34)43-24-28-8-11-32-31(18-28)37(15-17-42-32)14-5-16-39-3/h6-11,18,25,30,33-35H,5,12-17,19-24H2,1-4H3,(H,36,38)/t25-,30?,33-,34-/m0/s1. The Hall–Kier alpha value is -2.69. The molecule has 9 nitrogen and oxygen atoms in total. The molecule has 1 fully saturated rings. The van der Waals surface area contributed by atoms with Gasteiger partial charge in [0.15, 0.2) is 0 Å². The van der Waals surface area contributed by atoms with E-state index in [2.05, 4.69) is 64.9 Å². The SMILES string of the molecule is COCCCN1CCOc2ccc(CO[C@H]3CNCC(CCNC(C)=O)[C@@H]3c3ccc(COC[C@@H](C)COC)cc3)cc21. The van der Waals surface area contributed by atoms with Crippen LogP contribution >= 0.6 is 0 Å². The van der Waals surface area contributed by atoms with Crippen LogP contribution in [0.5, 0.6) is 5.75 Å². The molecule has 4 atom stereocenters. The molecule has 2 aliphatic heterocycles. The maximum Gasteiger partial charge on any atom is 0.216 e. The molecule has 0 radical (unpaired) electrons. The highest BCUT2D eigenvalue weighted by Gasteiger charge is 2.35. The summed E-state index contributed by atoms with van der Waals surface area (Å²) in [6.45, 7) is 11.7. The Labute approximate surface area is 257 Å². The Morgan fingerprint density at radius 3 is 2.65 bits per heavy atom. The molecular formula is C34H51N3O6. The van der Waals surface area contributed by atoms with E-state index < -0.39 is 0 Å². The number of methoxy groups -OCH3 is 2. The highest BCUT2D eigenvalue weighted by atomic mass is 16.5. The number of hydrogen-bond acceptors (Lipinski definition) is 8. The maximum atomic E-state index is 11.6. The lowest BCUT2D eigenvalue weighted by Gasteiger charge is -2.39. The van der Waals surface area contributed by atoms with Crippen molar-refractivity contribution in [2.45, 2.75) is 51.9 Å². The summed E-state index contributed by atoms with van der Waals surface area (Å²) in [6, 6.07) is 15.2. The summed E-state index contributed by atoms with van der Waals surface area (Å²) in [6.07, 6.45) is 1.86. The Morgan fingerprint density at radius 1 is 1.07 bits per heavy atom. The van der Waals surface area contributed by atoms with Gasteiger partial charge in [0.25, 0.3) is 0 Å². The van der Waals surface area contributed by atoms with Crippen molar-refractivity contribution in [3.63, 3.8) is 0 Å². The predicted octanol–water partition coefficient (Wildman–Crippen LogP) is 4.14. The number of hydrogen-bond donors (Lipinski definition) is 2. The van der Waals surface area contributed by atoms with E-state index in [1.54, 1.807) is 21.1 Å². The molecule has 1 saturated heterocycles. The van der Waals surface area contributed by atoms with Crippen LogP contribution in [-0.4, -0.2) is 85.4 Å². The third kappa shape index (κ3) is 10.2. The molecule has 0 saturated carbocycles. The van der Waals surface area contributed by atoms with Crippen molar-refractivity contribution < 1.29 is 28.5 Å². The van der Waals surface area contributed by atoms with E-state index in [0.29, 0.717) is 51.4 Å². The number of nitrogens with zero attached hydrogens (tertiary/aromatic N) is 1. The second-order valence-electron chi connectivity index (χ2n) is 11.9. The average Bonchev–Trinajstić information content (AvgIpc) is 3.01. The number of rotatable bonds is 17. The normalized spacial score (nSPS) is 20.7. The second kappa shape index (κ2) is 17.6. The number of ether oxygens (including phenoxy) is 5. The Kier molecular flexibility index (Phi) is 13.6. The van der Waals surface area contributed by atoms with Crippen molar-refractivity contribution >= 4 is 11.6 Å². The zero-order valence-corrected chi connectivity index (χ0v) is 26.4. The molecule has 0 aromatic heterocycles. The van der Waals surface area contributed by atoms with Gasteiger partial charge in [0, 0.05) is 59.2 Å². The van der Waals surface area contributed by atoms with Crippen molar-refractivity contribution in [2.75, 3.05) is 78.3 Å². The molecule has 2 aromatic carbocycles. The maximum absolute atomic E-state index is 11.6. The fourth-order valence-corrected chi connectivity index (χ4v) is 6.12. The first-order chi connectivity index (χ1) is 21.0. The quantitative estimate of drug-likeness (QED) is 0.263. The minimum absolute atomic E-state index is 0.00170. The van der Waals surface area contributed by atoms with Crippen molar-refractivity contribution in [3.8, 4) is 5.75 Å². The lowest BCUT2D eigenvalue weighted by Crippen LogP contribution is -2.47. The molecular weight excluding hydrogens is 546 g/mol. The highest BCUT2D eigenvalue weighted by Crippen LogP contribution is 2.36. The molecule has 0 spiro atoms. The summed E-state index contributed by atoms with van der Waals surface area (Å²) in [5.41, 5.74) is 4.68. The minimum Gasteiger partial charge on any atom is -0.490 e. The van der Waals surface area contributed by atoms with Gasteiger partial charge in [0.05, 0.1) is 44.8 Å². The molecule has 2 aliphatic rings. The highest BCUT2D eigenvalue weighted by molar-refractivity contribution is 5.72. The first-order valence-electron chi connectivity index (χ1n) is 15.7. The first kappa shape index (κ1) is 33.2. The monoisotopic (exact) mass is 597 g/mol. The van der Waals surface area contributed by atoms with Gasteiger partial charge in [-0.2, -0.15) is 0 Å². The fourth-order valence-electron chi connectivity index (χ4n) is 6.12. The molecule has 43 heavy (non-hydrogen) atoms. The van der Waals surface area contributed by atoms with Crippen LogP contribution in [0.4, 0.5) is 5.69 Å². The summed E-state index contributed by atoms with van der Waals surface area (Å²) in [5.74, 6) is 1.83. The van der Waals surface area contributed by atoms with E-state index in [1.165, 1.54) is 5.56 Å². The second-order valence-corrected chi connectivity index (χ2v) is 11.9. The zero-order valence-electron chi connectivity index (χ0n) is 26.4. The smallest absolute Gasteiger partial charge is 0.216 e. The van der Waals surface area contributed by atoms with Crippen LogP contribution < -0.4 is 20.3 Å². The lowest BCUT2D eigenvalue weighted by atomic mass is 9.77. The topological polar surface area (TPSA) is 90.5 Å². The van der Waals surface area contributed by atoms with Crippen molar-refractivity contribution in [3.05, 3.63) is 59.2 Å². The molecule has 9 heteroatoms. The van der Waals surface area contributed by atoms with Crippen LogP contribution in [0.1, 0.15) is 49.3 Å². The summed E-state index contributed by atoms with van der Waals surface area (Å²) in [7, 11) is 3.47. The number of nitrogens with one attached hydrogen (secondary N) is 2. The Balaban J connectivity index is 1.44. The van der Waals surface area contributed by atoms with Crippen LogP contribution in [-0.2, 0) is 37.0 Å². The van der Waals surface area contributed by atoms with Gasteiger partial charge in [-0.3, -0.25) is 4.79 Å². The molecule has 4 rings (SSSR count). The molecule has 2 N–H and O–H groups in total. The molecule has 1 unspecified atom stereocenters. The van der Waals surface area contributed by atoms with Crippen LogP contribution in [0.2, 0.25) is 0 Å². The van der Waals surface area contributed by atoms with E-state index >= 15 is 0 Å². The van der Waals surface area contributed by atoms with Gasteiger partial charge in [-0.05, 0) is 54.1 Å². The van der Waals surface area contributed by atoms with Gasteiger partial charge >= 0.3 is 0 Å². The van der Waals surface area contributed by atoms with E-state index in [9.17, 15) is 4.79 Å². The lowest BCUT2D eigenvalue weighted by molar-refractivity contribution is -0.119. The van der Waals surface area contributed by atoms with Crippen LogP contribution in [0, 0.1) is 11.8 Å². The predicted molar refractivity (Wildman–Crippen MR) is 169 cm³/mol. The number of carbonyl (C=O) groups is 1. The molecule has 1 amide bonds. The third-order valence-corrected chi connectivity index (χ3v) is 8.26. The van der Waals surface area contributed by atoms with Crippen molar-refractivity contribution in [1.82, 2.24) is 10.6 Å². The van der Waals surface area contributed by atoms with Crippen LogP contribution in [0.15, 0.2) is 42.5 Å². The number of anilines is 1. The number of carbonyl (C=O) groups excluding carboxylic acids is 1. The van der Waals surface area contributed by atoms with E-state index in [0.717, 1.165) is 68.2 Å². The van der Waals surface area contributed by atoms with Crippen molar-refractivity contribution in [1.29, 1.82) is 0 Å². The number of benzene rings is 2. The molecule has 2 heterocycles.